The SMILES string of the molecule is COCCNC(=O)c1c[nH]c(=O)n(Cc2ccccc2Cl)c1=O. The molecule has 0 spiro atoms. The standard InChI is InChI=1S/C15H16ClN3O4/c1-23-7-6-17-13(20)11-8-18-15(22)19(14(11)21)9-10-4-2-3-5-12(10)16/h2-5,8H,6-7,9H2,1H3,(H,17,20)(H,18,22). The van der Waals surface area contributed by atoms with Crippen LogP contribution in [0.25, 0.3) is 0 Å². The number of aromatic nitrogens is 2. The van der Waals surface area contributed by atoms with Crippen molar-refractivity contribution >= 4 is 17.5 Å². The van der Waals surface area contributed by atoms with Crippen molar-refractivity contribution in [2.24, 2.45) is 0 Å². The van der Waals surface area contributed by atoms with Gasteiger partial charge >= 0.3 is 5.69 Å². The van der Waals surface area contributed by atoms with Gasteiger partial charge in [-0.15, -0.1) is 0 Å². The number of H-pyrrole nitrogens is 1. The van der Waals surface area contributed by atoms with Crippen molar-refractivity contribution < 1.29 is 9.53 Å². The van der Waals surface area contributed by atoms with Crippen LogP contribution < -0.4 is 16.6 Å². The normalized spacial score (nSPS) is 10.5. The number of ether oxygens (including phenoxy) is 1. The zero-order chi connectivity index (χ0) is 16.8. The van der Waals surface area contributed by atoms with E-state index >= 15 is 0 Å². The first-order valence-corrected chi connectivity index (χ1v) is 7.25. The van der Waals surface area contributed by atoms with Gasteiger partial charge < -0.3 is 15.0 Å². The summed E-state index contributed by atoms with van der Waals surface area (Å²) in [6, 6.07) is 6.87. The molecule has 7 nitrogen and oxygen atoms in total. The van der Waals surface area contributed by atoms with Gasteiger partial charge in [-0.25, -0.2) is 4.79 Å². The van der Waals surface area contributed by atoms with E-state index in [1.54, 1.807) is 24.3 Å². The lowest BCUT2D eigenvalue weighted by Crippen LogP contribution is -2.41. The van der Waals surface area contributed by atoms with E-state index in [4.69, 9.17) is 16.3 Å². The third kappa shape index (κ3) is 4.08. The van der Waals surface area contributed by atoms with Gasteiger partial charge in [0.15, 0.2) is 0 Å². The van der Waals surface area contributed by atoms with Crippen molar-refractivity contribution in [3.8, 4) is 0 Å². The highest BCUT2D eigenvalue weighted by Gasteiger charge is 2.15. The lowest BCUT2D eigenvalue weighted by Gasteiger charge is -2.09. The highest BCUT2D eigenvalue weighted by atomic mass is 35.5. The zero-order valence-electron chi connectivity index (χ0n) is 12.5. The molecular formula is C15H16ClN3O4. The van der Waals surface area contributed by atoms with Crippen LogP contribution >= 0.6 is 11.6 Å². The summed E-state index contributed by atoms with van der Waals surface area (Å²) in [7, 11) is 1.50. The van der Waals surface area contributed by atoms with Crippen LogP contribution in [0.5, 0.6) is 0 Å². The first-order chi connectivity index (χ1) is 11.0. The summed E-state index contributed by atoms with van der Waals surface area (Å²) < 4.78 is 5.76. The number of aromatic amines is 1. The molecule has 1 amide bonds. The minimum absolute atomic E-state index is 0.0208. The van der Waals surface area contributed by atoms with Gasteiger partial charge in [0.1, 0.15) is 5.56 Å². The van der Waals surface area contributed by atoms with Gasteiger partial charge in [-0.2, -0.15) is 0 Å². The number of hydrogen-bond acceptors (Lipinski definition) is 4. The van der Waals surface area contributed by atoms with Crippen molar-refractivity contribution in [3.63, 3.8) is 0 Å². The molecule has 0 bridgehead atoms. The number of carbonyl (C=O) groups is 1. The van der Waals surface area contributed by atoms with E-state index < -0.39 is 17.2 Å². The zero-order valence-corrected chi connectivity index (χ0v) is 13.2. The Morgan fingerprint density at radius 2 is 2.09 bits per heavy atom. The molecule has 122 valence electrons. The summed E-state index contributed by atoms with van der Waals surface area (Å²) in [4.78, 5) is 38.7. The van der Waals surface area contributed by atoms with Crippen LogP contribution in [0.4, 0.5) is 0 Å². The fourth-order valence-electron chi connectivity index (χ4n) is 1.98. The van der Waals surface area contributed by atoms with Gasteiger partial charge in [-0.05, 0) is 11.6 Å². The van der Waals surface area contributed by atoms with Crippen molar-refractivity contribution in [2.75, 3.05) is 20.3 Å². The molecular weight excluding hydrogens is 322 g/mol. The van der Waals surface area contributed by atoms with Crippen LogP contribution in [0.1, 0.15) is 15.9 Å². The topological polar surface area (TPSA) is 93.2 Å². The molecule has 2 N–H and O–H groups in total. The van der Waals surface area contributed by atoms with Gasteiger partial charge in [0, 0.05) is 24.9 Å². The van der Waals surface area contributed by atoms with Gasteiger partial charge in [-0.3, -0.25) is 14.2 Å². The summed E-state index contributed by atoms with van der Waals surface area (Å²) >= 11 is 6.04. The number of carbonyl (C=O) groups excluding carboxylic acids is 1. The fraction of sp³-hybridized carbons (Fsp3) is 0.267. The molecule has 1 aromatic carbocycles. The molecule has 0 aliphatic carbocycles. The Morgan fingerprint density at radius 1 is 1.35 bits per heavy atom. The predicted molar refractivity (Wildman–Crippen MR) is 86.1 cm³/mol. The second-order valence-corrected chi connectivity index (χ2v) is 5.15. The summed E-state index contributed by atoms with van der Waals surface area (Å²) in [5, 5.41) is 2.98. The average molecular weight is 338 g/mol. The van der Waals surface area contributed by atoms with Crippen LogP contribution in [0, 0.1) is 0 Å². The lowest BCUT2D eigenvalue weighted by molar-refractivity contribution is 0.0934. The molecule has 1 aromatic heterocycles. The summed E-state index contributed by atoms with van der Waals surface area (Å²) in [5.74, 6) is -0.573. The van der Waals surface area contributed by atoms with E-state index in [1.165, 1.54) is 7.11 Å². The first kappa shape index (κ1) is 17.0. The number of halogens is 1. The third-order valence-electron chi connectivity index (χ3n) is 3.18. The Labute approximate surface area is 136 Å². The molecule has 23 heavy (non-hydrogen) atoms. The van der Waals surface area contributed by atoms with Gasteiger partial charge in [0.05, 0.1) is 13.2 Å². The van der Waals surface area contributed by atoms with Crippen LogP contribution in [0.2, 0.25) is 5.02 Å². The molecule has 0 saturated carbocycles. The highest BCUT2D eigenvalue weighted by Crippen LogP contribution is 2.14. The number of nitrogens with zero attached hydrogens (tertiary/aromatic N) is 1. The minimum atomic E-state index is -0.677. The number of hydrogen-bond donors (Lipinski definition) is 2. The molecule has 1 heterocycles. The fourth-order valence-corrected chi connectivity index (χ4v) is 2.17. The Balaban J connectivity index is 2.32. The summed E-state index contributed by atoms with van der Waals surface area (Å²) in [5.41, 5.74) is -0.821. The van der Waals surface area contributed by atoms with Crippen molar-refractivity contribution in [1.29, 1.82) is 0 Å². The lowest BCUT2D eigenvalue weighted by atomic mass is 10.2. The van der Waals surface area contributed by atoms with E-state index in [0.29, 0.717) is 17.2 Å². The Morgan fingerprint density at radius 3 is 2.78 bits per heavy atom. The van der Waals surface area contributed by atoms with Crippen molar-refractivity contribution in [3.05, 3.63) is 67.4 Å². The van der Waals surface area contributed by atoms with E-state index in [0.717, 1.165) is 10.8 Å². The third-order valence-corrected chi connectivity index (χ3v) is 3.55. The second kappa shape index (κ2) is 7.75. The molecule has 8 heteroatoms. The highest BCUT2D eigenvalue weighted by molar-refractivity contribution is 6.31. The quantitative estimate of drug-likeness (QED) is 0.755. The number of rotatable bonds is 6. The summed E-state index contributed by atoms with van der Waals surface area (Å²) in [6.45, 7) is 0.564. The number of nitrogens with one attached hydrogen (secondary N) is 2. The average Bonchev–Trinajstić information content (AvgIpc) is 2.53. The molecule has 0 radical (unpaired) electrons. The molecule has 0 unspecified atom stereocenters. The Kier molecular flexibility index (Phi) is 5.72. The Hall–Kier alpha value is -2.38. The van der Waals surface area contributed by atoms with E-state index in [1.807, 2.05) is 0 Å². The number of methoxy groups -OCH3 is 1. The number of amides is 1. The second-order valence-electron chi connectivity index (χ2n) is 4.74. The monoisotopic (exact) mass is 337 g/mol. The molecule has 0 aliphatic rings. The van der Waals surface area contributed by atoms with Crippen molar-refractivity contribution in [1.82, 2.24) is 14.9 Å². The maximum absolute atomic E-state index is 12.4. The van der Waals surface area contributed by atoms with Gasteiger partial charge in [-0.1, -0.05) is 29.8 Å². The van der Waals surface area contributed by atoms with Crippen LogP contribution in [0.15, 0.2) is 40.1 Å². The first-order valence-electron chi connectivity index (χ1n) is 6.87. The Bertz CT molecular complexity index is 813. The minimum Gasteiger partial charge on any atom is -0.383 e. The maximum atomic E-state index is 12.4. The molecule has 2 aromatic rings. The predicted octanol–water partition coefficient (Wildman–Crippen LogP) is 0.614. The molecule has 0 saturated heterocycles. The van der Waals surface area contributed by atoms with Crippen LogP contribution in [-0.4, -0.2) is 35.7 Å². The molecule has 0 aliphatic heterocycles. The molecule has 2 rings (SSSR count). The largest absolute Gasteiger partial charge is 0.383 e. The summed E-state index contributed by atoms with van der Waals surface area (Å²) in [6.07, 6.45) is 1.11. The number of benzene rings is 1. The molecule has 0 fully saturated rings. The van der Waals surface area contributed by atoms with Gasteiger partial charge in [0.25, 0.3) is 11.5 Å². The smallest absolute Gasteiger partial charge is 0.328 e. The van der Waals surface area contributed by atoms with E-state index in [9.17, 15) is 14.4 Å². The van der Waals surface area contributed by atoms with Crippen LogP contribution in [-0.2, 0) is 11.3 Å². The van der Waals surface area contributed by atoms with E-state index in [-0.39, 0.29) is 18.7 Å². The van der Waals surface area contributed by atoms with Crippen molar-refractivity contribution in [2.45, 2.75) is 6.54 Å². The van der Waals surface area contributed by atoms with Gasteiger partial charge in [0.2, 0.25) is 0 Å². The van der Waals surface area contributed by atoms with Crippen LogP contribution in [0.3, 0.4) is 0 Å². The van der Waals surface area contributed by atoms with E-state index in [2.05, 4.69) is 10.3 Å². The maximum Gasteiger partial charge on any atom is 0.328 e. The molecule has 0 atom stereocenters.